The van der Waals surface area contributed by atoms with Gasteiger partial charge in [0.2, 0.25) is 10.0 Å². The molecule has 2 aromatic rings. The first-order chi connectivity index (χ1) is 13.8. The van der Waals surface area contributed by atoms with Crippen LogP contribution in [0.2, 0.25) is 0 Å². The largest absolute Gasteiger partial charge is 0.297 e. The van der Waals surface area contributed by atoms with Gasteiger partial charge in [0.25, 0.3) is 5.56 Å². The molecule has 0 aliphatic carbocycles. The third kappa shape index (κ3) is 3.56. The molecule has 3 aliphatic heterocycles. The van der Waals surface area contributed by atoms with Gasteiger partial charge in [-0.25, -0.2) is 18.4 Å². The standard InChI is InChI=1S/C19H25N5O3S2/c1-29(26,27)23-6-2-15-14(11-23)18(25)24-13-19(10-16(24)21-15)3-7-22(8-4-19)12-17-20-5-9-28-17/h5,9H,2-4,6-8,10-13H2,1H3. The summed E-state index contributed by atoms with van der Waals surface area (Å²) in [6, 6.07) is 0. The smallest absolute Gasteiger partial charge is 0.258 e. The van der Waals surface area contributed by atoms with Crippen molar-refractivity contribution in [1.82, 2.24) is 23.7 Å². The summed E-state index contributed by atoms with van der Waals surface area (Å²) in [4.78, 5) is 24.8. The fourth-order valence-electron chi connectivity index (χ4n) is 4.89. The van der Waals surface area contributed by atoms with Crippen molar-refractivity contribution >= 4 is 21.4 Å². The minimum absolute atomic E-state index is 0.0413. The Hall–Kier alpha value is -1.62. The van der Waals surface area contributed by atoms with Crippen LogP contribution in [0.1, 0.15) is 34.9 Å². The first-order valence-corrected chi connectivity index (χ1v) is 12.7. The van der Waals surface area contributed by atoms with E-state index in [1.165, 1.54) is 10.6 Å². The van der Waals surface area contributed by atoms with Gasteiger partial charge in [0.15, 0.2) is 0 Å². The van der Waals surface area contributed by atoms with Crippen molar-refractivity contribution in [3.8, 4) is 0 Å². The van der Waals surface area contributed by atoms with Crippen LogP contribution in [0.4, 0.5) is 0 Å². The molecule has 0 N–H and O–H groups in total. The summed E-state index contributed by atoms with van der Waals surface area (Å²) >= 11 is 1.69. The average Bonchev–Trinajstić information content (AvgIpc) is 3.31. The lowest BCUT2D eigenvalue weighted by atomic mass is 9.77. The Morgan fingerprint density at radius 1 is 1.24 bits per heavy atom. The Morgan fingerprint density at radius 3 is 2.72 bits per heavy atom. The molecule has 0 unspecified atom stereocenters. The molecule has 8 nitrogen and oxygen atoms in total. The maximum atomic E-state index is 13.2. The highest BCUT2D eigenvalue weighted by Gasteiger charge is 2.42. The molecule has 29 heavy (non-hydrogen) atoms. The van der Waals surface area contributed by atoms with Crippen LogP contribution in [0, 0.1) is 5.41 Å². The number of sulfonamides is 1. The van der Waals surface area contributed by atoms with Gasteiger partial charge in [-0.2, -0.15) is 4.31 Å². The number of nitrogens with zero attached hydrogens (tertiary/aromatic N) is 5. The molecule has 5 rings (SSSR count). The fraction of sp³-hybridized carbons (Fsp3) is 0.632. The van der Waals surface area contributed by atoms with Crippen LogP contribution in [-0.4, -0.2) is 58.0 Å². The lowest BCUT2D eigenvalue weighted by Crippen LogP contribution is -2.42. The van der Waals surface area contributed by atoms with Crippen LogP contribution in [0.3, 0.4) is 0 Å². The highest BCUT2D eigenvalue weighted by molar-refractivity contribution is 7.88. The number of fused-ring (bicyclic) bond motifs is 2. The van der Waals surface area contributed by atoms with E-state index in [0.29, 0.717) is 25.1 Å². The molecule has 0 saturated carbocycles. The lowest BCUT2D eigenvalue weighted by Gasteiger charge is -2.38. The quantitative estimate of drug-likeness (QED) is 0.710. The van der Waals surface area contributed by atoms with E-state index in [4.69, 9.17) is 4.98 Å². The number of hydrogen-bond donors (Lipinski definition) is 0. The predicted octanol–water partition coefficient (Wildman–Crippen LogP) is 0.856. The number of hydrogen-bond acceptors (Lipinski definition) is 7. The third-order valence-corrected chi connectivity index (χ3v) is 8.63. The summed E-state index contributed by atoms with van der Waals surface area (Å²) < 4.78 is 27.0. The molecule has 1 fully saturated rings. The molecule has 1 saturated heterocycles. The van der Waals surface area contributed by atoms with E-state index >= 15 is 0 Å². The minimum atomic E-state index is -3.31. The molecule has 2 aromatic heterocycles. The van der Waals surface area contributed by atoms with Gasteiger partial charge < -0.3 is 0 Å². The summed E-state index contributed by atoms with van der Waals surface area (Å²) in [5.74, 6) is 0.884. The van der Waals surface area contributed by atoms with Crippen LogP contribution in [0.25, 0.3) is 0 Å². The maximum absolute atomic E-state index is 13.2. The number of likely N-dealkylation sites (tertiary alicyclic amines) is 1. The third-order valence-electron chi connectivity index (χ3n) is 6.61. The second-order valence-electron chi connectivity index (χ2n) is 8.57. The molecule has 0 bridgehead atoms. The number of thiazole rings is 1. The Morgan fingerprint density at radius 2 is 2.03 bits per heavy atom. The van der Waals surface area contributed by atoms with Crippen LogP contribution >= 0.6 is 11.3 Å². The van der Waals surface area contributed by atoms with Gasteiger partial charge >= 0.3 is 0 Å². The van der Waals surface area contributed by atoms with E-state index in [9.17, 15) is 13.2 Å². The van der Waals surface area contributed by atoms with E-state index in [2.05, 4.69) is 9.88 Å². The summed E-state index contributed by atoms with van der Waals surface area (Å²) in [5.41, 5.74) is 1.41. The van der Waals surface area contributed by atoms with E-state index in [0.717, 1.165) is 55.4 Å². The highest BCUT2D eigenvalue weighted by Crippen LogP contribution is 2.41. The first-order valence-electron chi connectivity index (χ1n) is 10.0. The molecule has 0 atom stereocenters. The lowest BCUT2D eigenvalue weighted by molar-refractivity contribution is 0.0977. The van der Waals surface area contributed by atoms with Gasteiger partial charge in [0, 0.05) is 44.1 Å². The summed E-state index contributed by atoms with van der Waals surface area (Å²) in [7, 11) is -3.31. The van der Waals surface area contributed by atoms with E-state index in [-0.39, 0.29) is 17.5 Å². The van der Waals surface area contributed by atoms with Crippen LogP contribution in [0.5, 0.6) is 0 Å². The monoisotopic (exact) mass is 435 g/mol. The molecule has 0 radical (unpaired) electrons. The summed E-state index contributed by atoms with van der Waals surface area (Å²) in [6.07, 6.45) is 6.49. The van der Waals surface area contributed by atoms with Crippen molar-refractivity contribution in [3.63, 3.8) is 0 Å². The highest BCUT2D eigenvalue weighted by atomic mass is 32.2. The Balaban J connectivity index is 1.34. The zero-order valence-corrected chi connectivity index (χ0v) is 18.1. The van der Waals surface area contributed by atoms with Crippen LogP contribution < -0.4 is 5.56 Å². The van der Waals surface area contributed by atoms with Crippen molar-refractivity contribution in [1.29, 1.82) is 0 Å². The second-order valence-corrected chi connectivity index (χ2v) is 11.5. The van der Waals surface area contributed by atoms with Crippen molar-refractivity contribution in [2.24, 2.45) is 5.41 Å². The normalized spacial score (nSPS) is 22.0. The molecule has 0 amide bonds. The minimum Gasteiger partial charge on any atom is -0.297 e. The number of rotatable bonds is 3. The topological polar surface area (TPSA) is 88.4 Å². The molecule has 1 spiro atoms. The zero-order valence-electron chi connectivity index (χ0n) is 16.5. The van der Waals surface area contributed by atoms with Gasteiger partial charge in [0.1, 0.15) is 10.8 Å². The number of aromatic nitrogens is 3. The SMILES string of the molecule is CS(=O)(=O)N1CCc2nc3n(c(=O)c2C1)CC1(CCN(Cc2nccs2)CC1)C3. The van der Waals surface area contributed by atoms with E-state index in [1.54, 1.807) is 11.3 Å². The molecular formula is C19H25N5O3S2. The fourth-order valence-corrected chi connectivity index (χ4v) is 6.33. The first kappa shape index (κ1) is 19.3. The summed E-state index contributed by atoms with van der Waals surface area (Å²) in [5, 5.41) is 3.16. The van der Waals surface area contributed by atoms with E-state index in [1.807, 2.05) is 16.1 Å². The Kier molecular flexibility index (Phi) is 4.65. The van der Waals surface area contributed by atoms with Gasteiger partial charge in [-0.05, 0) is 31.3 Å². The molecule has 156 valence electrons. The molecule has 10 heteroatoms. The Bertz CT molecular complexity index is 1090. The van der Waals surface area contributed by atoms with Gasteiger partial charge in [-0.15, -0.1) is 11.3 Å². The number of piperidine rings is 1. The van der Waals surface area contributed by atoms with Gasteiger partial charge in [-0.1, -0.05) is 0 Å². The zero-order chi connectivity index (χ0) is 20.2. The van der Waals surface area contributed by atoms with Crippen LogP contribution in [-0.2, 0) is 42.5 Å². The second kappa shape index (κ2) is 6.97. The summed E-state index contributed by atoms with van der Waals surface area (Å²) in [6.45, 7) is 4.15. The molecule has 5 heterocycles. The molecule has 3 aliphatic rings. The van der Waals surface area contributed by atoms with E-state index < -0.39 is 10.0 Å². The van der Waals surface area contributed by atoms with Crippen molar-refractivity contribution in [2.75, 3.05) is 25.9 Å². The predicted molar refractivity (Wildman–Crippen MR) is 110 cm³/mol. The molecule has 0 aromatic carbocycles. The Labute approximate surface area is 174 Å². The maximum Gasteiger partial charge on any atom is 0.258 e. The average molecular weight is 436 g/mol. The van der Waals surface area contributed by atoms with Gasteiger partial charge in [-0.3, -0.25) is 14.3 Å². The van der Waals surface area contributed by atoms with Crippen LogP contribution in [0.15, 0.2) is 16.4 Å². The van der Waals surface area contributed by atoms with Crippen molar-refractivity contribution in [3.05, 3.63) is 44.0 Å². The van der Waals surface area contributed by atoms with Gasteiger partial charge in [0.05, 0.1) is 24.1 Å². The molecular weight excluding hydrogens is 410 g/mol. The van der Waals surface area contributed by atoms with Crippen molar-refractivity contribution in [2.45, 2.75) is 45.3 Å². The van der Waals surface area contributed by atoms with Crippen molar-refractivity contribution < 1.29 is 8.42 Å².